The molecule has 0 amide bonds. The molecule has 6 nitrogen and oxygen atoms in total. The summed E-state index contributed by atoms with van der Waals surface area (Å²) in [7, 11) is -2.37. The van der Waals surface area contributed by atoms with Crippen molar-refractivity contribution in [2.75, 3.05) is 13.2 Å². The van der Waals surface area contributed by atoms with Gasteiger partial charge in [0.25, 0.3) is 0 Å². The van der Waals surface area contributed by atoms with E-state index in [-0.39, 0.29) is 0 Å². The number of hydrazine groups is 1. The predicted octanol–water partition coefficient (Wildman–Crippen LogP) is 0.502. The van der Waals surface area contributed by atoms with Crippen molar-refractivity contribution in [1.29, 1.82) is 0 Å². The Bertz CT molecular complexity index is 276. The molecule has 0 fully saturated rings. The molecule has 0 bridgehead atoms. The van der Waals surface area contributed by atoms with Gasteiger partial charge in [-0.2, -0.15) is 0 Å². The van der Waals surface area contributed by atoms with Gasteiger partial charge in [-0.3, -0.25) is 9.68 Å². The van der Waals surface area contributed by atoms with Crippen molar-refractivity contribution in [2.45, 2.75) is 13.8 Å². The van der Waals surface area contributed by atoms with E-state index in [0.29, 0.717) is 24.2 Å². The third-order valence-corrected chi connectivity index (χ3v) is 3.39. The fourth-order valence-corrected chi connectivity index (χ4v) is 2.87. The second kappa shape index (κ2) is 4.60. The Hall–Kier alpha value is 0.170. The average molecular weight is 228 g/mol. The summed E-state index contributed by atoms with van der Waals surface area (Å²) in [5, 5.41) is 1.12. The van der Waals surface area contributed by atoms with Crippen LogP contribution in [-0.2, 0) is 18.5 Å². The highest BCUT2D eigenvalue weighted by Crippen LogP contribution is 2.26. The molecule has 1 aliphatic heterocycles. The number of hydrogen-bond donors (Lipinski definition) is 1. The zero-order chi connectivity index (χ0) is 9.90. The zero-order valence-corrected chi connectivity index (χ0v) is 9.01. The Balaban J connectivity index is 2.65. The highest BCUT2D eigenvalue weighted by Gasteiger charge is 2.29. The minimum atomic E-state index is -3.05. The first-order valence-corrected chi connectivity index (χ1v) is 6.62. The second-order valence-electron chi connectivity index (χ2n) is 2.07. The molecule has 1 unspecified atom stereocenters. The minimum absolute atomic E-state index is 0.399. The molecule has 1 heterocycles. The molecule has 1 aliphatic rings. The predicted molar refractivity (Wildman–Crippen MR) is 51.4 cm³/mol. The molecular formula is C5H12N2O4S2. The fraction of sp³-hybridized carbons (Fsp3) is 0.800. The van der Waals surface area contributed by atoms with Crippen LogP contribution in [0, 0.1) is 0 Å². The monoisotopic (exact) mass is 228 g/mol. The molecule has 0 aromatic heterocycles. The lowest BCUT2D eigenvalue weighted by molar-refractivity contribution is -0.301. The largest absolute Gasteiger partial charge is 0.304 e. The van der Waals surface area contributed by atoms with Crippen LogP contribution in [0.3, 0.4) is 0 Å². The van der Waals surface area contributed by atoms with Crippen molar-refractivity contribution in [3.05, 3.63) is 0 Å². The number of hydrogen-bond acceptors (Lipinski definition) is 6. The van der Waals surface area contributed by atoms with Crippen molar-refractivity contribution >= 4 is 25.3 Å². The van der Waals surface area contributed by atoms with Gasteiger partial charge in [0, 0.05) is 0 Å². The molecule has 0 aliphatic carbocycles. The Morgan fingerprint density at radius 2 is 2.08 bits per heavy atom. The molecule has 1 N–H and O–H groups in total. The molecule has 0 aromatic rings. The van der Waals surface area contributed by atoms with Gasteiger partial charge in [-0.15, -0.1) is 0 Å². The van der Waals surface area contributed by atoms with E-state index in [9.17, 15) is 8.76 Å². The van der Waals surface area contributed by atoms with E-state index in [0.717, 1.165) is 15.2 Å². The molecule has 0 radical (unpaired) electrons. The van der Waals surface area contributed by atoms with Crippen molar-refractivity contribution in [2.24, 2.45) is 0 Å². The lowest BCUT2D eigenvalue weighted by Gasteiger charge is -2.20. The van der Waals surface area contributed by atoms with Crippen LogP contribution < -0.4 is 0 Å². The van der Waals surface area contributed by atoms with E-state index in [2.05, 4.69) is 0 Å². The van der Waals surface area contributed by atoms with Crippen molar-refractivity contribution in [1.82, 2.24) is 9.75 Å². The lowest BCUT2D eigenvalue weighted by Crippen LogP contribution is -2.33. The van der Waals surface area contributed by atoms with Gasteiger partial charge in [0.05, 0.1) is 24.2 Å². The van der Waals surface area contributed by atoms with Crippen molar-refractivity contribution < 1.29 is 18.4 Å². The fourth-order valence-electron chi connectivity index (χ4n) is 0.695. The zero-order valence-electron chi connectivity index (χ0n) is 7.37. The number of nitrogens with zero attached hydrogens (tertiary/aromatic N) is 2. The summed E-state index contributed by atoms with van der Waals surface area (Å²) < 4.78 is 21.5. The van der Waals surface area contributed by atoms with Crippen LogP contribution in [0.25, 0.3) is 0 Å². The summed E-state index contributed by atoms with van der Waals surface area (Å²) in [4.78, 5) is 10.1. The lowest BCUT2D eigenvalue weighted by atomic mass is 10.9. The summed E-state index contributed by atoms with van der Waals surface area (Å²) in [5.74, 6) is 0. The molecular weight excluding hydrogens is 216 g/mol. The Labute approximate surface area is 81.0 Å². The SMILES string of the molecule is CCON1C=S(=O)(O)SN1OCC. The van der Waals surface area contributed by atoms with Crippen LogP contribution in [0.1, 0.15) is 13.8 Å². The molecule has 78 valence electrons. The first-order chi connectivity index (χ1) is 6.09. The number of rotatable bonds is 4. The van der Waals surface area contributed by atoms with Crippen LogP contribution in [0.2, 0.25) is 0 Å². The first-order valence-electron chi connectivity index (χ1n) is 3.75. The van der Waals surface area contributed by atoms with E-state index in [1.165, 1.54) is 0 Å². The quantitative estimate of drug-likeness (QED) is 0.427. The topological polar surface area (TPSA) is 62.2 Å². The van der Waals surface area contributed by atoms with Gasteiger partial charge in [0.15, 0.2) is 8.83 Å². The molecule has 13 heavy (non-hydrogen) atoms. The van der Waals surface area contributed by atoms with Crippen LogP contribution >= 0.6 is 11.0 Å². The van der Waals surface area contributed by atoms with E-state index in [1.54, 1.807) is 13.8 Å². The minimum Gasteiger partial charge on any atom is -0.304 e. The van der Waals surface area contributed by atoms with E-state index < -0.39 is 8.83 Å². The standard InChI is InChI=1S/C5H12N2O4S2/c1-3-10-6-5-13(8,9)12-7(6)11-4-2/h5H,3-4H2,1-2H3,(H,8,9). The number of hydroxylamine groups is 1. The van der Waals surface area contributed by atoms with Gasteiger partial charge in [-0.1, -0.05) is 0 Å². The highest BCUT2D eigenvalue weighted by atomic mass is 33.1. The smallest absolute Gasteiger partial charge is 0.167 e. The molecule has 0 aromatic carbocycles. The van der Waals surface area contributed by atoms with E-state index >= 15 is 0 Å². The Morgan fingerprint density at radius 1 is 1.46 bits per heavy atom. The summed E-state index contributed by atoms with van der Waals surface area (Å²) in [6, 6.07) is 0. The van der Waals surface area contributed by atoms with Gasteiger partial charge in [-0.25, -0.2) is 4.21 Å². The summed E-state index contributed by atoms with van der Waals surface area (Å²) in [6.45, 7) is 4.36. The van der Waals surface area contributed by atoms with Gasteiger partial charge in [-0.05, 0) is 23.6 Å². The first kappa shape index (κ1) is 11.2. The van der Waals surface area contributed by atoms with Crippen molar-refractivity contribution in [3.8, 4) is 0 Å². The Kier molecular flexibility index (Phi) is 3.98. The highest BCUT2D eigenvalue weighted by molar-refractivity contribution is 8.72. The van der Waals surface area contributed by atoms with Crippen molar-refractivity contribution in [3.63, 3.8) is 0 Å². The summed E-state index contributed by atoms with van der Waals surface area (Å²) in [6.07, 6.45) is 0. The van der Waals surface area contributed by atoms with Gasteiger partial charge >= 0.3 is 0 Å². The van der Waals surface area contributed by atoms with Gasteiger partial charge < -0.3 is 4.55 Å². The van der Waals surface area contributed by atoms with Crippen LogP contribution in [0.4, 0.5) is 0 Å². The summed E-state index contributed by atoms with van der Waals surface area (Å²) >= 11 is 0. The third kappa shape index (κ3) is 3.09. The maximum absolute atomic E-state index is 11.2. The molecule has 8 heteroatoms. The summed E-state index contributed by atoms with van der Waals surface area (Å²) in [5.41, 5.74) is 1.08. The molecule has 0 spiro atoms. The molecule has 1 rings (SSSR count). The Morgan fingerprint density at radius 3 is 2.62 bits per heavy atom. The van der Waals surface area contributed by atoms with E-state index in [1.807, 2.05) is 0 Å². The molecule has 1 atom stereocenters. The van der Waals surface area contributed by atoms with Gasteiger partial charge in [0.1, 0.15) is 5.49 Å². The van der Waals surface area contributed by atoms with Crippen LogP contribution in [0.15, 0.2) is 0 Å². The second-order valence-corrected chi connectivity index (χ2v) is 5.65. The van der Waals surface area contributed by atoms with Gasteiger partial charge in [0.2, 0.25) is 0 Å². The maximum Gasteiger partial charge on any atom is 0.167 e. The van der Waals surface area contributed by atoms with E-state index in [4.69, 9.17) is 9.68 Å². The third-order valence-electron chi connectivity index (χ3n) is 1.06. The molecule has 0 saturated carbocycles. The maximum atomic E-state index is 11.2. The normalized spacial score (nSPS) is 30.7. The average Bonchev–Trinajstić information content (AvgIpc) is 2.28. The van der Waals surface area contributed by atoms with Crippen LogP contribution in [-0.4, -0.2) is 37.2 Å². The van der Waals surface area contributed by atoms with Crippen LogP contribution in [0.5, 0.6) is 0 Å². The molecule has 0 saturated heterocycles.